The number of carboxylic acid groups (broad SMARTS) is 1. The molecule has 2 heterocycles. The van der Waals surface area contributed by atoms with Crippen LogP contribution in [0.15, 0.2) is 23.4 Å². The van der Waals surface area contributed by atoms with Crippen LogP contribution in [0.4, 0.5) is 0 Å². The van der Waals surface area contributed by atoms with E-state index in [9.17, 15) is 9.59 Å². The Kier molecular flexibility index (Phi) is 3.53. The number of carbonyl (C=O) groups excluding carboxylic acids is 1. The van der Waals surface area contributed by atoms with Crippen molar-refractivity contribution in [3.8, 4) is 0 Å². The van der Waals surface area contributed by atoms with Crippen molar-refractivity contribution >= 4 is 46.3 Å². The van der Waals surface area contributed by atoms with Crippen molar-refractivity contribution in [3.05, 3.63) is 28.9 Å². The molecule has 1 saturated heterocycles. The molecule has 2 rings (SSSR count). The lowest BCUT2D eigenvalue weighted by Gasteiger charge is -2.09. The molecule has 1 fully saturated rings. The Morgan fingerprint density at radius 3 is 2.89 bits per heavy atom. The number of hydrogen-bond donors (Lipinski definition) is 1. The van der Waals surface area contributed by atoms with Crippen LogP contribution in [0.3, 0.4) is 0 Å². The van der Waals surface area contributed by atoms with Crippen LogP contribution in [-0.2, 0) is 16.6 Å². The van der Waals surface area contributed by atoms with Crippen LogP contribution >= 0.6 is 24.0 Å². The molecule has 0 saturated carbocycles. The Morgan fingerprint density at radius 2 is 2.33 bits per heavy atom. The van der Waals surface area contributed by atoms with Crippen molar-refractivity contribution in [1.29, 1.82) is 0 Å². The van der Waals surface area contributed by atoms with E-state index in [1.54, 1.807) is 6.08 Å². The first-order chi connectivity index (χ1) is 8.47. The highest BCUT2D eigenvalue weighted by Gasteiger charge is 2.33. The lowest BCUT2D eigenvalue weighted by Crippen LogP contribution is -2.33. The number of aliphatic carboxylic acids is 1. The number of hydrogen-bond acceptors (Lipinski definition) is 4. The van der Waals surface area contributed by atoms with E-state index >= 15 is 0 Å². The zero-order valence-electron chi connectivity index (χ0n) is 9.49. The lowest BCUT2D eigenvalue weighted by atomic mass is 10.3. The van der Waals surface area contributed by atoms with E-state index in [1.165, 1.54) is 0 Å². The minimum absolute atomic E-state index is 0.282. The molecule has 1 aromatic heterocycles. The van der Waals surface area contributed by atoms with E-state index in [0.717, 1.165) is 22.2 Å². The lowest BCUT2D eigenvalue weighted by molar-refractivity contribution is -0.140. The molecule has 7 heteroatoms. The molecule has 94 valence electrons. The summed E-state index contributed by atoms with van der Waals surface area (Å²) in [7, 11) is 1.88. The summed E-state index contributed by atoms with van der Waals surface area (Å²) in [5.74, 6) is -1.43. The number of amides is 1. The second-order valence-corrected chi connectivity index (χ2v) is 5.45. The van der Waals surface area contributed by atoms with Gasteiger partial charge in [0, 0.05) is 19.4 Å². The summed E-state index contributed by atoms with van der Waals surface area (Å²) >= 11 is 6.12. The zero-order chi connectivity index (χ0) is 13.3. The van der Waals surface area contributed by atoms with Gasteiger partial charge in [0.25, 0.3) is 5.91 Å². The smallest absolute Gasteiger partial charge is 0.323 e. The third-order valence-corrected chi connectivity index (χ3v) is 3.70. The van der Waals surface area contributed by atoms with Gasteiger partial charge in [-0.2, -0.15) is 0 Å². The van der Waals surface area contributed by atoms with Crippen molar-refractivity contribution in [3.63, 3.8) is 0 Å². The van der Waals surface area contributed by atoms with E-state index in [4.69, 9.17) is 17.3 Å². The Balaban J connectivity index is 2.22. The predicted molar refractivity (Wildman–Crippen MR) is 72.9 cm³/mol. The summed E-state index contributed by atoms with van der Waals surface area (Å²) in [4.78, 5) is 24.1. The number of aryl methyl sites for hydroxylation is 1. The molecule has 0 atom stereocenters. The van der Waals surface area contributed by atoms with Gasteiger partial charge in [0.2, 0.25) is 0 Å². The quantitative estimate of drug-likeness (QED) is 0.669. The number of carbonyl (C=O) groups is 2. The molecular weight excluding hydrogens is 272 g/mol. The summed E-state index contributed by atoms with van der Waals surface area (Å²) in [6, 6.07) is 1.86. The summed E-state index contributed by atoms with van der Waals surface area (Å²) in [5, 5.41) is 8.70. The van der Waals surface area contributed by atoms with Crippen LogP contribution < -0.4 is 0 Å². The number of rotatable bonds is 3. The molecule has 0 bridgehead atoms. The van der Waals surface area contributed by atoms with Crippen LogP contribution in [0.5, 0.6) is 0 Å². The minimum Gasteiger partial charge on any atom is -0.480 e. The van der Waals surface area contributed by atoms with Gasteiger partial charge >= 0.3 is 5.97 Å². The molecule has 1 N–H and O–H groups in total. The number of thioether (sulfide) groups is 1. The van der Waals surface area contributed by atoms with Crippen LogP contribution in [-0.4, -0.2) is 37.3 Å². The number of aromatic nitrogens is 1. The third-order valence-electron chi connectivity index (χ3n) is 2.32. The molecule has 0 aromatic carbocycles. The van der Waals surface area contributed by atoms with E-state index in [-0.39, 0.29) is 10.2 Å². The highest BCUT2D eigenvalue weighted by atomic mass is 32.2. The summed E-state index contributed by atoms with van der Waals surface area (Å²) in [6.45, 7) is -0.392. The summed E-state index contributed by atoms with van der Waals surface area (Å²) < 4.78 is 2.15. The molecule has 1 amide bonds. The zero-order valence-corrected chi connectivity index (χ0v) is 11.1. The fourth-order valence-electron chi connectivity index (χ4n) is 1.53. The topological polar surface area (TPSA) is 62.5 Å². The predicted octanol–water partition coefficient (Wildman–Crippen LogP) is 1.31. The minimum atomic E-state index is -1.08. The molecule has 1 aliphatic heterocycles. The summed E-state index contributed by atoms with van der Waals surface area (Å²) in [5.41, 5.74) is 0.883. The number of nitrogens with zero attached hydrogens (tertiary/aromatic N) is 2. The Labute approximate surface area is 113 Å². The molecular formula is C11H10N2O3S2. The fourth-order valence-corrected chi connectivity index (χ4v) is 2.79. The van der Waals surface area contributed by atoms with Crippen LogP contribution in [0, 0.1) is 0 Å². The molecule has 1 aliphatic rings. The average Bonchev–Trinajstić information content (AvgIpc) is 2.78. The first-order valence-electron chi connectivity index (χ1n) is 5.06. The first-order valence-corrected chi connectivity index (χ1v) is 6.29. The van der Waals surface area contributed by atoms with E-state index < -0.39 is 12.5 Å². The van der Waals surface area contributed by atoms with Crippen LogP contribution in [0.2, 0.25) is 0 Å². The highest BCUT2D eigenvalue weighted by molar-refractivity contribution is 8.26. The van der Waals surface area contributed by atoms with Gasteiger partial charge in [-0.05, 0) is 17.7 Å². The van der Waals surface area contributed by atoms with Gasteiger partial charge in [0.1, 0.15) is 10.9 Å². The van der Waals surface area contributed by atoms with Crippen LogP contribution in [0.25, 0.3) is 6.08 Å². The van der Waals surface area contributed by atoms with Gasteiger partial charge in [0.05, 0.1) is 4.91 Å². The maximum absolute atomic E-state index is 11.9. The van der Waals surface area contributed by atoms with E-state index in [0.29, 0.717) is 4.91 Å². The molecule has 1 aromatic rings. The second kappa shape index (κ2) is 4.95. The van der Waals surface area contributed by atoms with Crippen LogP contribution in [0.1, 0.15) is 5.56 Å². The van der Waals surface area contributed by atoms with Gasteiger partial charge in [-0.25, -0.2) is 0 Å². The first kappa shape index (κ1) is 12.8. The normalized spacial score (nSPS) is 17.8. The van der Waals surface area contributed by atoms with Gasteiger partial charge in [-0.15, -0.1) is 0 Å². The van der Waals surface area contributed by atoms with Gasteiger partial charge < -0.3 is 9.67 Å². The standard InChI is InChI=1S/C11H10N2O3S2/c1-12-3-2-7(5-12)4-8-10(16)13(6-9(14)15)11(17)18-8/h2-5H,6H2,1H3,(H,14,15)/b8-4-. The maximum atomic E-state index is 11.9. The Hall–Kier alpha value is -1.60. The third kappa shape index (κ3) is 2.62. The molecule has 5 nitrogen and oxygen atoms in total. The van der Waals surface area contributed by atoms with Gasteiger partial charge in [0.15, 0.2) is 0 Å². The largest absolute Gasteiger partial charge is 0.480 e. The Morgan fingerprint density at radius 1 is 1.61 bits per heavy atom. The van der Waals surface area contributed by atoms with Crippen molar-refractivity contribution in [2.45, 2.75) is 0 Å². The van der Waals surface area contributed by atoms with Crippen molar-refractivity contribution in [2.24, 2.45) is 7.05 Å². The Bertz CT molecular complexity index is 562. The molecule has 0 unspecified atom stereocenters. The molecule has 0 radical (unpaired) electrons. The monoisotopic (exact) mass is 282 g/mol. The highest BCUT2D eigenvalue weighted by Crippen LogP contribution is 2.32. The van der Waals surface area contributed by atoms with E-state index in [1.807, 2.05) is 30.1 Å². The van der Waals surface area contributed by atoms with Gasteiger partial charge in [-0.3, -0.25) is 14.5 Å². The molecule has 0 aliphatic carbocycles. The molecule has 18 heavy (non-hydrogen) atoms. The van der Waals surface area contributed by atoms with Gasteiger partial charge in [-0.1, -0.05) is 24.0 Å². The summed E-state index contributed by atoms with van der Waals surface area (Å²) in [6.07, 6.45) is 5.44. The second-order valence-electron chi connectivity index (χ2n) is 3.77. The van der Waals surface area contributed by atoms with Crippen molar-refractivity contribution in [2.75, 3.05) is 6.54 Å². The molecule has 0 spiro atoms. The van der Waals surface area contributed by atoms with E-state index in [2.05, 4.69) is 0 Å². The number of thiocarbonyl (C=S) groups is 1. The number of carboxylic acids is 1. The SMILES string of the molecule is Cn1ccc(/C=C2\SC(=S)N(CC(=O)O)C2=O)c1. The fraction of sp³-hybridized carbons (Fsp3) is 0.182. The maximum Gasteiger partial charge on any atom is 0.323 e. The van der Waals surface area contributed by atoms with Crippen molar-refractivity contribution in [1.82, 2.24) is 9.47 Å². The average molecular weight is 282 g/mol. The van der Waals surface area contributed by atoms with Crippen molar-refractivity contribution < 1.29 is 14.7 Å².